The van der Waals surface area contributed by atoms with E-state index in [4.69, 9.17) is 0 Å². The number of aromatic nitrogens is 3. The van der Waals surface area contributed by atoms with Crippen LogP contribution in [0.5, 0.6) is 0 Å². The van der Waals surface area contributed by atoms with Gasteiger partial charge in [0.15, 0.2) is 0 Å². The lowest BCUT2D eigenvalue weighted by atomic mass is 10.1. The van der Waals surface area contributed by atoms with E-state index in [9.17, 15) is 4.79 Å². The molecule has 0 aromatic carbocycles. The van der Waals surface area contributed by atoms with Crippen molar-refractivity contribution in [2.45, 2.75) is 19.1 Å². The summed E-state index contributed by atoms with van der Waals surface area (Å²) in [5.74, 6) is -0.0908. The summed E-state index contributed by atoms with van der Waals surface area (Å²) in [6.07, 6.45) is 10.3. The minimum Gasteiger partial charge on any atom is -0.350 e. The van der Waals surface area contributed by atoms with Gasteiger partial charge in [-0.05, 0) is 47.0 Å². The standard InChI is InChI=1S/C19H19N5O/c25-19(24-13-15-3-8-20-9-4-15)18(17-5-10-21-11-6-17)23-14-16-2-1-7-22-12-16/h1-12,18,23H,13-14H2,(H,24,25). The highest BCUT2D eigenvalue weighted by atomic mass is 16.2. The van der Waals surface area contributed by atoms with Gasteiger partial charge in [0.2, 0.25) is 5.91 Å². The first-order chi connectivity index (χ1) is 12.3. The predicted octanol–water partition coefficient (Wildman–Crippen LogP) is 2.02. The summed E-state index contributed by atoms with van der Waals surface area (Å²) in [7, 11) is 0. The van der Waals surface area contributed by atoms with Crippen LogP contribution >= 0.6 is 0 Å². The van der Waals surface area contributed by atoms with Crippen LogP contribution in [-0.2, 0) is 17.9 Å². The quantitative estimate of drug-likeness (QED) is 0.691. The Hall–Kier alpha value is -3.12. The molecule has 0 aliphatic heterocycles. The molecule has 126 valence electrons. The van der Waals surface area contributed by atoms with Gasteiger partial charge in [-0.2, -0.15) is 0 Å². The predicted molar refractivity (Wildman–Crippen MR) is 94.1 cm³/mol. The van der Waals surface area contributed by atoms with Crippen molar-refractivity contribution in [3.63, 3.8) is 0 Å². The summed E-state index contributed by atoms with van der Waals surface area (Å²) >= 11 is 0. The summed E-state index contributed by atoms with van der Waals surface area (Å²) in [6.45, 7) is 1.00. The zero-order valence-electron chi connectivity index (χ0n) is 13.7. The van der Waals surface area contributed by atoms with E-state index in [1.807, 2.05) is 36.4 Å². The maximum absolute atomic E-state index is 12.7. The number of carbonyl (C=O) groups is 1. The van der Waals surface area contributed by atoms with Crippen LogP contribution in [0.1, 0.15) is 22.7 Å². The van der Waals surface area contributed by atoms with E-state index in [2.05, 4.69) is 25.6 Å². The second kappa shape index (κ2) is 8.65. The Morgan fingerprint density at radius 3 is 2.24 bits per heavy atom. The van der Waals surface area contributed by atoms with Crippen molar-refractivity contribution in [2.24, 2.45) is 0 Å². The molecule has 0 saturated carbocycles. The van der Waals surface area contributed by atoms with Crippen LogP contribution in [0.15, 0.2) is 73.6 Å². The fraction of sp³-hybridized carbons (Fsp3) is 0.158. The number of carbonyl (C=O) groups excluding carboxylic acids is 1. The molecule has 0 aliphatic rings. The Balaban J connectivity index is 1.68. The van der Waals surface area contributed by atoms with Crippen LogP contribution in [0.3, 0.4) is 0 Å². The Bertz CT molecular complexity index is 781. The molecule has 3 rings (SSSR count). The fourth-order valence-electron chi connectivity index (χ4n) is 2.43. The lowest BCUT2D eigenvalue weighted by molar-refractivity contribution is -0.123. The van der Waals surface area contributed by atoms with Crippen molar-refractivity contribution in [1.29, 1.82) is 0 Å². The molecule has 3 heterocycles. The molecule has 0 spiro atoms. The topological polar surface area (TPSA) is 79.8 Å². The van der Waals surface area contributed by atoms with Crippen molar-refractivity contribution >= 4 is 5.91 Å². The van der Waals surface area contributed by atoms with E-state index in [-0.39, 0.29) is 5.91 Å². The molecule has 1 amide bonds. The maximum Gasteiger partial charge on any atom is 0.242 e. The summed E-state index contributed by atoms with van der Waals surface area (Å²) in [5.41, 5.74) is 2.89. The average molecular weight is 333 g/mol. The average Bonchev–Trinajstić information content (AvgIpc) is 2.69. The minimum atomic E-state index is -0.468. The monoisotopic (exact) mass is 333 g/mol. The maximum atomic E-state index is 12.7. The van der Waals surface area contributed by atoms with Crippen LogP contribution in [0.4, 0.5) is 0 Å². The van der Waals surface area contributed by atoms with Gasteiger partial charge in [0.05, 0.1) is 0 Å². The highest BCUT2D eigenvalue weighted by molar-refractivity contribution is 5.83. The molecule has 1 unspecified atom stereocenters. The van der Waals surface area contributed by atoms with E-state index < -0.39 is 6.04 Å². The minimum absolute atomic E-state index is 0.0908. The molecule has 6 nitrogen and oxygen atoms in total. The zero-order chi connectivity index (χ0) is 17.3. The number of hydrogen-bond acceptors (Lipinski definition) is 5. The van der Waals surface area contributed by atoms with Crippen molar-refractivity contribution < 1.29 is 4.79 Å². The second-order valence-electron chi connectivity index (χ2n) is 5.53. The van der Waals surface area contributed by atoms with Gasteiger partial charge in [-0.15, -0.1) is 0 Å². The molecule has 0 saturated heterocycles. The summed E-state index contributed by atoms with van der Waals surface area (Å²) in [5, 5.41) is 6.26. The smallest absolute Gasteiger partial charge is 0.242 e. The zero-order valence-corrected chi connectivity index (χ0v) is 13.7. The first-order valence-electron chi connectivity index (χ1n) is 8.02. The van der Waals surface area contributed by atoms with Crippen molar-refractivity contribution in [1.82, 2.24) is 25.6 Å². The highest BCUT2D eigenvalue weighted by Crippen LogP contribution is 2.13. The highest BCUT2D eigenvalue weighted by Gasteiger charge is 2.19. The molecule has 0 bridgehead atoms. The number of pyridine rings is 3. The van der Waals surface area contributed by atoms with Crippen molar-refractivity contribution in [3.05, 3.63) is 90.3 Å². The Morgan fingerprint density at radius 2 is 1.56 bits per heavy atom. The molecule has 25 heavy (non-hydrogen) atoms. The van der Waals surface area contributed by atoms with E-state index in [1.165, 1.54) is 0 Å². The molecule has 0 aliphatic carbocycles. The van der Waals surface area contributed by atoms with E-state index >= 15 is 0 Å². The van der Waals surface area contributed by atoms with Gasteiger partial charge in [0.1, 0.15) is 6.04 Å². The molecule has 3 aromatic rings. The third-order valence-corrected chi connectivity index (χ3v) is 3.75. The van der Waals surface area contributed by atoms with E-state index in [0.29, 0.717) is 13.1 Å². The first kappa shape index (κ1) is 16.7. The Morgan fingerprint density at radius 1 is 0.840 bits per heavy atom. The third kappa shape index (κ3) is 4.92. The Labute approximate surface area is 146 Å². The SMILES string of the molecule is O=C(NCc1ccncc1)C(NCc1cccnc1)c1ccncc1. The summed E-state index contributed by atoms with van der Waals surface area (Å²) in [4.78, 5) is 24.8. The Kier molecular flexibility index (Phi) is 5.79. The van der Waals surface area contributed by atoms with Crippen LogP contribution in [0, 0.1) is 0 Å². The van der Waals surface area contributed by atoms with E-state index in [0.717, 1.165) is 16.7 Å². The molecule has 2 N–H and O–H groups in total. The lowest BCUT2D eigenvalue weighted by Gasteiger charge is -2.19. The molecule has 6 heteroatoms. The van der Waals surface area contributed by atoms with E-state index in [1.54, 1.807) is 37.2 Å². The van der Waals surface area contributed by atoms with Gasteiger partial charge in [-0.25, -0.2) is 0 Å². The van der Waals surface area contributed by atoms with Crippen molar-refractivity contribution in [2.75, 3.05) is 0 Å². The number of rotatable bonds is 7. The second-order valence-corrected chi connectivity index (χ2v) is 5.53. The first-order valence-corrected chi connectivity index (χ1v) is 8.02. The molecule has 1 atom stereocenters. The molecular formula is C19H19N5O. The summed E-state index contributed by atoms with van der Waals surface area (Å²) < 4.78 is 0. The molecule has 3 aromatic heterocycles. The van der Waals surface area contributed by atoms with Gasteiger partial charge in [-0.3, -0.25) is 25.1 Å². The molecular weight excluding hydrogens is 314 g/mol. The largest absolute Gasteiger partial charge is 0.350 e. The van der Waals surface area contributed by atoms with Crippen LogP contribution in [-0.4, -0.2) is 20.9 Å². The van der Waals surface area contributed by atoms with Crippen LogP contribution < -0.4 is 10.6 Å². The normalized spacial score (nSPS) is 11.7. The van der Waals surface area contributed by atoms with Gasteiger partial charge in [-0.1, -0.05) is 6.07 Å². The van der Waals surface area contributed by atoms with Gasteiger partial charge in [0, 0.05) is 50.3 Å². The number of hydrogen-bond donors (Lipinski definition) is 2. The number of nitrogens with one attached hydrogen (secondary N) is 2. The number of amides is 1. The van der Waals surface area contributed by atoms with Gasteiger partial charge >= 0.3 is 0 Å². The van der Waals surface area contributed by atoms with Crippen LogP contribution in [0.25, 0.3) is 0 Å². The summed E-state index contributed by atoms with van der Waals surface area (Å²) in [6, 6.07) is 10.8. The van der Waals surface area contributed by atoms with Crippen LogP contribution in [0.2, 0.25) is 0 Å². The van der Waals surface area contributed by atoms with Gasteiger partial charge < -0.3 is 5.32 Å². The molecule has 0 radical (unpaired) electrons. The number of nitrogens with zero attached hydrogens (tertiary/aromatic N) is 3. The van der Waals surface area contributed by atoms with Crippen molar-refractivity contribution in [3.8, 4) is 0 Å². The lowest BCUT2D eigenvalue weighted by Crippen LogP contribution is -2.37. The third-order valence-electron chi connectivity index (χ3n) is 3.75. The fourth-order valence-corrected chi connectivity index (χ4v) is 2.43. The van der Waals surface area contributed by atoms with Gasteiger partial charge in [0.25, 0.3) is 0 Å². The molecule has 0 fully saturated rings.